The lowest BCUT2D eigenvalue weighted by Gasteiger charge is -2.08. The van der Waals surface area contributed by atoms with Crippen molar-refractivity contribution in [1.29, 1.82) is 0 Å². The van der Waals surface area contributed by atoms with Crippen molar-refractivity contribution in [3.05, 3.63) is 52.4 Å². The molecule has 3 nitrogen and oxygen atoms in total. The number of rotatable bonds is 6. The summed E-state index contributed by atoms with van der Waals surface area (Å²) < 4.78 is 11.5. The standard InChI is InChI=1S/C16H18ClNO2/c1-11-2-3-12(17)8-16(11)19-10-15-7-6-14(20-15)9-18-13-4-5-13/h2-3,6-8,13,18H,4-5,9-10H2,1H3. The summed E-state index contributed by atoms with van der Waals surface area (Å²) in [6.07, 6.45) is 2.56. The van der Waals surface area contributed by atoms with Gasteiger partial charge in [-0.2, -0.15) is 0 Å². The Morgan fingerprint density at radius 3 is 2.85 bits per heavy atom. The number of aryl methyl sites for hydroxylation is 1. The first-order valence-electron chi connectivity index (χ1n) is 6.90. The Kier molecular flexibility index (Phi) is 3.99. The zero-order valence-corrected chi connectivity index (χ0v) is 12.2. The number of hydrogen-bond donors (Lipinski definition) is 1. The van der Waals surface area contributed by atoms with Crippen molar-refractivity contribution in [3.63, 3.8) is 0 Å². The number of ether oxygens (including phenoxy) is 1. The third-order valence-electron chi connectivity index (χ3n) is 3.38. The lowest BCUT2D eigenvalue weighted by Crippen LogP contribution is -2.14. The van der Waals surface area contributed by atoms with E-state index in [1.54, 1.807) is 0 Å². The van der Waals surface area contributed by atoms with Crippen LogP contribution in [0.1, 0.15) is 29.9 Å². The average Bonchev–Trinajstić information content (AvgIpc) is 3.16. The molecule has 1 saturated carbocycles. The van der Waals surface area contributed by atoms with Crippen molar-refractivity contribution in [1.82, 2.24) is 5.32 Å². The molecule has 0 bridgehead atoms. The molecule has 2 aromatic rings. The van der Waals surface area contributed by atoms with Gasteiger partial charge >= 0.3 is 0 Å². The van der Waals surface area contributed by atoms with Crippen LogP contribution in [0.3, 0.4) is 0 Å². The molecule has 0 atom stereocenters. The minimum Gasteiger partial charge on any atom is -0.485 e. The first-order chi connectivity index (χ1) is 9.70. The second-order valence-electron chi connectivity index (χ2n) is 5.22. The van der Waals surface area contributed by atoms with Crippen LogP contribution in [-0.4, -0.2) is 6.04 Å². The van der Waals surface area contributed by atoms with Crippen molar-refractivity contribution >= 4 is 11.6 Å². The molecule has 1 N–H and O–H groups in total. The number of halogens is 1. The van der Waals surface area contributed by atoms with Gasteiger partial charge in [0.05, 0.1) is 6.54 Å². The molecule has 1 fully saturated rings. The summed E-state index contributed by atoms with van der Waals surface area (Å²) in [5.74, 6) is 2.59. The highest BCUT2D eigenvalue weighted by Gasteiger charge is 2.20. The van der Waals surface area contributed by atoms with Crippen LogP contribution in [0.25, 0.3) is 0 Å². The van der Waals surface area contributed by atoms with Gasteiger partial charge in [-0.3, -0.25) is 0 Å². The Labute approximate surface area is 123 Å². The number of furan rings is 1. The summed E-state index contributed by atoms with van der Waals surface area (Å²) in [6, 6.07) is 10.3. The predicted octanol–water partition coefficient (Wildman–Crippen LogP) is 4.07. The van der Waals surface area contributed by atoms with Crippen molar-refractivity contribution in [2.24, 2.45) is 0 Å². The predicted molar refractivity (Wildman–Crippen MR) is 79.1 cm³/mol. The van der Waals surface area contributed by atoms with Crippen LogP contribution in [-0.2, 0) is 13.2 Å². The van der Waals surface area contributed by atoms with Gasteiger partial charge in [-0.05, 0) is 49.6 Å². The minimum atomic E-state index is 0.421. The van der Waals surface area contributed by atoms with Gasteiger partial charge in [-0.15, -0.1) is 0 Å². The topological polar surface area (TPSA) is 34.4 Å². The second-order valence-corrected chi connectivity index (χ2v) is 5.66. The van der Waals surface area contributed by atoms with E-state index in [4.69, 9.17) is 20.8 Å². The van der Waals surface area contributed by atoms with Gasteiger partial charge in [0, 0.05) is 11.1 Å². The number of benzene rings is 1. The maximum absolute atomic E-state index is 5.97. The maximum atomic E-state index is 5.97. The number of nitrogens with one attached hydrogen (secondary N) is 1. The van der Waals surface area contributed by atoms with E-state index in [9.17, 15) is 0 Å². The van der Waals surface area contributed by atoms with Crippen molar-refractivity contribution in [2.75, 3.05) is 0 Å². The fraction of sp³-hybridized carbons (Fsp3) is 0.375. The largest absolute Gasteiger partial charge is 0.485 e. The summed E-state index contributed by atoms with van der Waals surface area (Å²) in [4.78, 5) is 0. The molecule has 0 radical (unpaired) electrons. The van der Waals surface area contributed by atoms with Crippen LogP contribution >= 0.6 is 11.6 Å². The maximum Gasteiger partial charge on any atom is 0.146 e. The smallest absolute Gasteiger partial charge is 0.146 e. The molecule has 1 aromatic carbocycles. The lowest BCUT2D eigenvalue weighted by molar-refractivity contribution is 0.263. The van der Waals surface area contributed by atoms with Crippen molar-refractivity contribution in [3.8, 4) is 5.75 Å². The van der Waals surface area contributed by atoms with Gasteiger partial charge in [0.2, 0.25) is 0 Å². The zero-order valence-electron chi connectivity index (χ0n) is 11.5. The average molecular weight is 292 g/mol. The van der Waals surface area contributed by atoms with Gasteiger partial charge < -0.3 is 14.5 Å². The Balaban J connectivity index is 1.55. The van der Waals surface area contributed by atoms with Gasteiger partial charge in [-0.25, -0.2) is 0 Å². The Morgan fingerprint density at radius 2 is 2.05 bits per heavy atom. The van der Waals surface area contributed by atoms with Gasteiger partial charge in [0.25, 0.3) is 0 Å². The monoisotopic (exact) mass is 291 g/mol. The van der Waals surface area contributed by atoms with Crippen LogP contribution < -0.4 is 10.1 Å². The van der Waals surface area contributed by atoms with E-state index in [1.165, 1.54) is 12.8 Å². The molecule has 3 rings (SSSR count). The molecule has 1 aliphatic rings. The van der Waals surface area contributed by atoms with Gasteiger partial charge in [0.1, 0.15) is 23.9 Å². The lowest BCUT2D eigenvalue weighted by atomic mass is 10.2. The molecule has 1 heterocycles. The first-order valence-corrected chi connectivity index (χ1v) is 7.28. The third-order valence-corrected chi connectivity index (χ3v) is 3.61. The molecule has 0 aliphatic heterocycles. The van der Waals surface area contributed by atoms with Crippen molar-refractivity contribution in [2.45, 2.75) is 39.0 Å². The number of hydrogen-bond acceptors (Lipinski definition) is 3. The molecule has 0 saturated heterocycles. The van der Waals surface area contributed by atoms with Crippen LogP contribution in [0, 0.1) is 6.92 Å². The Morgan fingerprint density at radius 1 is 1.25 bits per heavy atom. The highest BCUT2D eigenvalue weighted by molar-refractivity contribution is 6.30. The third kappa shape index (κ3) is 3.56. The quantitative estimate of drug-likeness (QED) is 0.871. The van der Waals surface area contributed by atoms with E-state index in [2.05, 4.69) is 5.32 Å². The molecule has 20 heavy (non-hydrogen) atoms. The summed E-state index contributed by atoms with van der Waals surface area (Å²) in [6.45, 7) is 3.21. The van der Waals surface area contributed by atoms with Gasteiger partial charge in [-0.1, -0.05) is 17.7 Å². The fourth-order valence-electron chi connectivity index (χ4n) is 2.01. The summed E-state index contributed by atoms with van der Waals surface area (Å²) in [7, 11) is 0. The van der Waals surface area contributed by atoms with Crippen LogP contribution in [0.2, 0.25) is 5.02 Å². The fourth-order valence-corrected chi connectivity index (χ4v) is 2.17. The molecular formula is C16H18ClNO2. The second kappa shape index (κ2) is 5.90. The Hall–Kier alpha value is -1.45. The first kappa shape index (κ1) is 13.5. The summed E-state index contributed by atoms with van der Waals surface area (Å²) >= 11 is 5.97. The van der Waals surface area contributed by atoms with Gasteiger partial charge in [0.15, 0.2) is 0 Å². The molecule has 1 aromatic heterocycles. The van der Waals surface area contributed by atoms with Crippen LogP contribution in [0.4, 0.5) is 0 Å². The summed E-state index contributed by atoms with van der Waals surface area (Å²) in [5.41, 5.74) is 1.07. The molecule has 4 heteroatoms. The zero-order chi connectivity index (χ0) is 13.9. The molecular weight excluding hydrogens is 274 g/mol. The van der Waals surface area contributed by atoms with E-state index in [1.807, 2.05) is 37.3 Å². The SMILES string of the molecule is Cc1ccc(Cl)cc1OCc1ccc(CNC2CC2)o1. The molecule has 0 unspecified atom stereocenters. The van der Waals surface area contributed by atoms with E-state index < -0.39 is 0 Å². The van der Waals surface area contributed by atoms with E-state index in [0.29, 0.717) is 17.7 Å². The highest BCUT2D eigenvalue weighted by atomic mass is 35.5. The molecule has 106 valence electrons. The Bertz CT molecular complexity index is 590. The highest BCUT2D eigenvalue weighted by Crippen LogP contribution is 2.24. The summed E-state index contributed by atoms with van der Waals surface area (Å²) in [5, 5.41) is 4.10. The molecule has 0 amide bonds. The van der Waals surface area contributed by atoms with E-state index >= 15 is 0 Å². The molecule has 0 spiro atoms. The van der Waals surface area contributed by atoms with E-state index in [0.717, 1.165) is 29.4 Å². The normalized spacial score (nSPS) is 14.5. The molecule has 1 aliphatic carbocycles. The minimum absolute atomic E-state index is 0.421. The van der Waals surface area contributed by atoms with Crippen LogP contribution in [0.5, 0.6) is 5.75 Å². The van der Waals surface area contributed by atoms with E-state index in [-0.39, 0.29) is 0 Å². The van der Waals surface area contributed by atoms with Crippen LogP contribution in [0.15, 0.2) is 34.7 Å². The van der Waals surface area contributed by atoms with Crippen molar-refractivity contribution < 1.29 is 9.15 Å².